The zero-order valence-electron chi connectivity index (χ0n) is 13.6. The second-order valence-corrected chi connectivity index (χ2v) is 5.83. The van der Waals surface area contributed by atoms with Crippen LogP contribution in [0.4, 0.5) is 13.2 Å². The third-order valence-corrected chi connectivity index (χ3v) is 3.89. The lowest BCUT2D eigenvalue weighted by Gasteiger charge is -2.10. The molecule has 3 aromatic rings. The predicted molar refractivity (Wildman–Crippen MR) is 90.2 cm³/mol. The number of aromatic nitrogens is 2. The minimum Gasteiger partial charge on any atom is -0.362 e. The van der Waals surface area contributed by atoms with Crippen LogP contribution in [0.25, 0.3) is 22.4 Å². The highest BCUT2D eigenvalue weighted by molar-refractivity contribution is 5.68. The first-order chi connectivity index (χ1) is 11.8. The maximum atomic E-state index is 12.8. The van der Waals surface area contributed by atoms with Crippen molar-refractivity contribution in [3.63, 3.8) is 0 Å². The average Bonchev–Trinajstić information content (AvgIpc) is 2.54. The van der Waals surface area contributed by atoms with Crippen LogP contribution < -0.4 is 5.43 Å². The Morgan fingerprint density at radius 2 is 1.76 bits per heavy atom. The van der Waals surface area contributed by atoms with Crippen LogP contribution in [0.2, 0.25) is 0 Å². The Kier molecular flexibility index (Phi) is 4.20. The normalized spacial score (nSPS) is 11.6. The molecule has 0 fully saturated rings. The number of pyridine rings is 2. The summed E-state index contributed by atoms with van der Waals surface area (Å²) in [6, 6.07) is 9.81. The van der Waals surface area contributed by atoms with Crippen LogP contribution in [0.15, 0.2) is 53.5 Å². The topological polar surface area (TPSA) is 45.8 Å². The quantitative estimate of drug-likeness (QED) is 0.730. The van der Waals surface area contributed by atoms with Crippen molar-refractivity contribution < 1.29 is 13.2 Å². The van der Waals surface area contributed by atoms with E-state index in [0.29, 0.717) is 22.4 Å². The number of benzene rings is 1. The van der Waals surface area contributed by atoms with Gasteiger partial charge in [0.2, 0.25) is 0 Å². The summed E-state index contributed by atoms with van der Waals surface area (Å²) in [6.45, 7) is 3.59. The first kappa shape index (κ1) is 17.0. The summed E-state index contributed by atoms with van der Waals surface area (Å²) in [5, 5.41) is 0. The minimum absolute atomic E-state index is 0.123. The van der Waals surface area contributed by atoms with Gasteiger partial charge in [0.15, 0.2) is 5.43 Å². The standard InChI is InChI=1S/C19H15F3N2O/c1-11-8-17(25)18(12(2)24-11)14-6-7-16(23-10-14)13-4-3-5-15(9-13)19(20,21)22/h3-10H,1-2H3,(H,24,25). The van der Waals surface area contributed by atoms with Gasteiger partial charge >= 0.3 is 6.18 Å². The highest BCUT2D eigenvalue weighted by atomic mass is 19.4. The van der Waals surface area contributed by atoms with Gasteiger partial charge in [-0.15, -0.1) is 0 Å². The number of H-pyrrole nitrogens is 1. The van der Waals surface area contributed by atoms with Gasteiger partial charge in [0.05, 0.1) is 11.3 Å². The summed E-state index contributed by atoms with van der Waals surface area (Å²) in [7, 11) is 0. The van der Waals surface area contributed by atoms with E-state index in [-0.39, 0.29) is 5.43 Å². The Morgan fingerprint density at radius 1 is 1.00 bits per heavy atom. The number of halogens is 3. The third kappa shape index (κ3) is 3.47. The molecular weight excluding hydrogens is 329 g/mol. The molecule has 1 N–H and O–H groups in total. The molecule has 3 nitrogen and oxygen atoms in total. The monoisotopic (exact) mass is 344 g/mol. The Hall–Kier alpha value is -2.89. The van der Waals surface area contributed by atoms with Gasteiger partial charge in [0.25, 0.3) is 0 Å². The van der Waals surface area contributed by atoms with E-state index in [4.69, 9.17) is 0 Å². The second-order valence-electron chi connectivity index (χ2n) is 5.83. The van der Waals surface area contributed by atoms with Gasteiger partial charge in [0, 0.05) is 40.3 Å². The number of hydrogen-bond donors (Lipinski definition) is 1. The van der Waals surface area contributed by atoms with E-state index in [0.717, 1.165) is 23.5 Å². The van der Waals surface area contributed by atoms with E-state index in [2.05, 4.69) is 9.97 Å². The number of hydrogen-bond acceptors (Lipinski definition) is 2. The first-order valence-corrected chi connectivity index (χ1v) is 7.60. The van der Waals surface area contributed by atoms with Crippen molar-refractivity contribution in [3.05, 3.63) is 75.8 Å². The Balaban J connectivity index is 2.01. The SMILES string of the molecule is Cc1cc(=O)c(-c2ccc(-c3cccc(C(F)(F)F)c3)nc2)c(C)[nH]1. The second kappa shape index (κ2) is 6.20. The van der Waals surface area contributed by atoms with Gasteiger partial charge < -0.3 is 4.98 Å². The fourth-order valence-electron chi connectivity index (χ4n) is 2.77. The van der Waals surface area contributed by atoms with Crippen molar-refractivity contribution >= 4 is 0 Å². The Bertz CT molecular complexity index is 973. The van der Waals surface area contributed by atoms with Crippen molar-refractivity contribution in [1.29, 1.82) is 0 Å². The minimum atomic E-state index is -4.40. The first-order valence-electron chi connectivity index (χ1n) is 7.60. The largest absolute Gasteiger partial charge is 0.416 e. The van der Waals surface area contributed by atoms with Gasteiger partial charge in [-0.1, -0.05) is 18.2 Å². The molecule has 0 saturated heterocycles. The molecule has 25 heavy (non-hydrogen) atoms. The molecule has 0 bridgehead atoms. The van der Waals surface area contributed by atoms with Gasteiger partial charge in [-0.3, -0.25) is 9.78 Å². The summed E-state index contributed by atoms with van der Waals surface area (Å²) in [5.74, 6) is 0. The van der Waals surface area contributed by atoms with Crippen LogP contribution in [-0.4, -0.2) is 9.97 Å². The molecule has 0 amide bonds. The molecule has 6 heteroatoms. The predicted octanol–water partition coefficient (Wildman–Crippen LogP) is 4.74. The number of rotatable bonds is 2. The molecule has 0 radical (unpaired) electrons. The van der Waals surface area contributed by atoms with E-state index < -0.39 is 11.7 Å². The van der Waals surface area contributed by atoms with E-state index >= 15 is 0 Å². The molecule has 128 valence electrons. The number of nitrogens with zero attached hydrogens (tertiary/aromatic N) is 1. The summed E-state index contributed by atoms with van der Waals surface area (Å²) in [5.41, 5.74) is 2.55. The average molecular weight is 344 g/mol. The zero-order chi connectivity index (χ0) is 18.2. The van der Waals surface area contributed by atoms with E-state index in [1.54, 1.807) is 32.0 Å². The maximum absolute atomic E-state index is 12.8. The number of aryl methyl sites for hydroxylation is 2. The Labute approximate surface area is 142 Å². The smallest absolute Gasteiger partial charge is 0.362 e. The van der Waals surface area contributed by atoms with Crippen LogP contribution in [0, 0.1) is 13.8 Å². The lowest BCUT2D eigenvalue weighted by Crippen LogP contribution is -2.09. The molecular formula is C19H15F3N2O. The lowest BCUT2D eigenvalue weighted by atomic mass is 10.0. The van der Waals surface area contributed by atoms with Gasteiger partial charge in [-0.2, -0.15) is 13.2 Å². The summed E-state index contributed by atoms with van der Waals surface area (Å²) >= 11 is 0. The van der Waals surface area contributed by atoms with E-state index in [1.807, 2.05) is 0 Å². The molecule has 0 aliphatic heterocycles. The van der Waals surface area contributed by atoms with Gasteiger partial charge in [-0.25, -0.2) is 0 Å². The van der Waals surface area contributed by atoms with Crippen LogP contribution >= 0.6 is 0 Å². The maximum Gasteiger partial charge on any atom is 0.416 e. The van der Waals surface area contributed by atoms with Crippen molar-refractivity contribution in [2.75, 3.05) is 0 Å². The van der Waals surface area contributed by atoms with Crippen LogP contribution in [0.1, 0.15) is 17.0 Å². The van der Waals surface area contributed by atoms with Crippen molar-refractivity contribution in [2.24, 2.45) is 0 Å². The number of nitrogens with one attached hydrogen (secondary N) is 1. The Morgan fingerprint density at radius 3 is 2.36 bits per heavy atom. The summed E-state index contributed by atoms with van der Waals surface area (Å²) < 4.78 is 38.5. The van der Waals surface area contributed by atoms with E-state index in [1.165, 1.54) is 18.3 Å². The molecule has 0 saturated carbocycles. The summed E-state index contributed by atoms with van der Waals surface area (Å²) in [4.78, 5) is 19.5. The van der Waals surface area contributed by atoms with Gasteiger partial charge in [0.1, 0.15) is 0 Å². The fourth-order valence-corrected chi connectivity index (χ4v) is 2.77. The van der Waals surface area contributed by atoms with Crippen molar-refractivity contribution in [1.82, 2.24) is 9.97 Å². The van der Waals surface area contributed by atoms with Crippen molar-refractivity contribution in [2.45, 2.75) is 20.0 Å². The molecule has 1 aromatic carbocycles. The number of aromatic amines is 1. The molecule has 2 aromatic heterocycles. The highest BCUT2D eigenvalue weighted by Crippen LogP contribution is 2.32. The molecule has 0 aliphatic rings. The molecule has 2 heterocycles. The molecule has 0 aliphatic carbocycles. The van der Waals surface area contributed by atoms with Crippen molar-refractivity contribution in [3.8, 4) is 22.4 Å². The van der Waals surface area contributed by atoms with Crippen LogP contribution in [-0.2, 0) is 6.18 Å². The fraction of sp³-hybridized carbons (Fsp3) is 0.158. The third-order valence-electron chi connectivity index (χ3n) is 3.89. The van der Waals surface area contributed by atoms with Gasteiger partial charge in [-0.05, 0) is 32.0 Å². The van der Waals surface area contributed by atoms with Crippen LogP contribution in [0.3, 0.4) is 0 Å². The highest BCUT2D eigenvalue weighted by Gasteiger charge is 2.30. The molecule has 0 spiro atoms. The number of alkyl halides is 3. The lowest BCUT2D eigenvalue weighted by molar-refractivity contribution is -0.137. The molecule has 0 atom stereocenters. The zero-order valence-corrected chi connectivity index (χ0v) is 13.6. The van der Waals surface area contributed by atoms with Crippen LogP contribution in [0.5, 0.6) is 0 Å². The molecule has 3 rings (SSSR count). The molecule has 0 unspecified atom stereocenters. The summed E-state index contributed by atoms with van der Waals surface area (Å²) in [6.07, 6.45) is -2.90. The van der Waals surface area contributed by atoms with E-state index in [9.17, 15) is 18.0 Å².